The Morgan fingerprint density at radius 2 is 1.97 bits per heavy atom. The molecule has 3 amide bonds. The summed E-state index contributed by atoms with van der Waals surface area (Å²) in [6.07, 6.45) is -4.45. The van der Waals surface area contributed by atoms with Crippen molar-refractivity contribution in [3.05, 3.63) is 29.3 Å². The fraction of sp³-hybridized carbons (Fsp3) is 0.412. The number of nitrogens with zero attached hydrogens (tertiary/aromatic N) is 1. The molecule has 0 saturated carbocycles. The summed E-state index contributed by atoms with van der Waals surface area (Å²) in [7, 11) is 0. The first-order valence-electron chi connectivity index (χ1n) is 8.56. The van der Waals surface area contributed by atoms with Crippen molar-refractivity contribution in [2.75, 3.05) is 18.4 Å². The molecular weight excluding hydrogens is 397 g/mol. The van der Waals surface area contributed by atoms with Crippen molar-refractivity contribution in [3.63, 3.8) is 0 Å². The van der Waals surface area contributed by atoms with Gasteiger partial charge in [-0.2, -0.15) is 13.2 Å². The fourth-order valence-corrected chi connectivity index (χ4v) is 2.97. The number of hydrogen-bond donors (Lipinski definition) is 4. The zero-order chi connectivity index (χ0) is 21.8. The number of carboxylic acid groups (broad SMARTS) is 1. The molecule has 1 fully saturated rings. The first kappa shape index (κ1) is 22.1. The molecule has 1 atom stereocenters. The molecule has 0 radical (unpaired) electrons. The van der Waals surface area contributed by atoms with Gasteiger partial charge in [-0.15, -0.1) is 0 Å². The smallest absolute Gasteiger partial charge is 0.475 e. The molecule has 9 nitrogen and oxygen atoms in total. The van der Waals surface area contributed by atoms with Crippen LogP contribution in [0.15, 0.2) is 18.2 Å². The van der Waals surface area contributed by atoms with E-state index in [0.29, 0.717) is 31.6 Å². The number of alkyl halides is 3. The number of carbonyl (C=O) groups excluding carboxylic acids is 3. The van der Waals surface area contributed by atoms with Gasteiger partial charge in [0.1, 0.15) is 6.04 Å². The van der Waals surface area contributed by atoms with Crippen LogP contribution >= 0.6 is 0 Å². The molecule has 12 heteroatoms. The number of rotatable bonds is 4. The van der Waals surface area contributed by atoms with Crippen LogP contribution in [0.2, 0.25) is 0 Å². The number of hydrogen-bond acceptors (Lipinski definition) is 6. The molecule has 2 aliphatic rings. The number of nitrogens with one attached hydrogen (secondary N) is 2. The van der Waals surface area contributed by atoms with Gasteiger partial charge in [0.2, 0.25) is 11.8 Å². The molecule has 2 aliphatic heterocycles. The summed E-state index contributed by atoms with van der Waals surface area (Å²) in [5, 5.41) is 12.6. The Morgan fingerprint density at radius 1 is 1.31 bits per heavy atom. The third-order valence-corrected chi connectivity index (χ3v) is 4.25. The van der Waals surface area contributed by atoms with Crippen LogP contribution in [0.1, 0.15) is 28.8 Å². The van der Waals surface area contributed by atoms with Gasteiger partial charge in [0.15, 0.2) is 0 Å². The topological polar surface area (TPSA) is 142 Å². The number of anilines is 1. The number of imide groups is 1. The molecule has 1 saturated heterocycles. The minimum Gasteiger partial charge on any atom is -0.475 e. The summed E-state index contributed by atoms with van der Waals surface area (Å²) in [5.74, 6) is -3.61. The third-order valence-electron chi connectivity index (χ3n) is 4.25. The van der Waals surface area contributed by atoms with Gasteiger partial charge in [-0.05, 0) is 18.1 Å². The summed E-state index contributed by atoms with van der Waals surface area (Å²) >= 11 is 0. The molecule has 3 rings (SSSR count). The van der Waals surface area contributed by atoms with Gasteiger partial charge >= 0.3 is 12.1 Å². The normalized spacial score (nSPS) is 18.6. The van der Waals surface area contributed by atoms with Crippen LogP contribution in [0.5, 0.6) is 0 Å². The first-order chi connectivity index (χ1) is 13.6. The SMILES string of the molecule is NCCNc1cccc2c1C(=O)N(C1CCC(=O)NC1=O)C2.O=C(O)C(F)(F)F. The van der Waals surface area contributed by atoms with Gasteiger partial charge in [-0.25, -0.2) is 4.79 Å². The lowest BCUT2D eigenvalue weighted by Gasteiger charge is -2.29. The van der Waals surface area contributed by atoms with Crippen molar-refractivity contribution in [3.8, 4) is 0 Å². The number of carboxylic acids is 1. The number of halogens is 3. The summed E-state index contributed by atoms with van der Waals surface area (Å²) in [5.41, 5.74) is 7.71. The molecule has 158 valence electrons. The van der Waals surface area contributed by atoms with Crippen LogP contribution in [-0.2, 0) is 20.9 Å². The van der Waals surface area contributed by atoms with Crippen molar-refractivity contribution >= 4 is 29.4 Å². The van der Waals surface area contributed by atoms with E-state index in [1.54, 1.807) is 4.90 Å². The van der Waals surface area contributed by atoms with Gasteiger partial charge in [-0.1, -0.05) is 12.1 Å². The van der Waals surface area contributed by atoms with Crippen LogP contribution in [0.25, 0.3) is 0 Å². The van der Waals surface area contributed by atoms with E-state index in [9.17, 15) is 27.6 Å². The number of carbonyl (C=O) groups is 4. The van der Waals surface area contributed by atoms with Gasteiger partial charge in [-0.3, -0.25) is 19.7 Å². The Balaban J connectivity index is 0.000000370. The molecular formula is C17H19F3N4O5. The molecule has 0 aliphatic carbocycles. The van der Waals surface area contributed by atoms with E-state index in [0.717, 1.165) is 11.3 Å². The van der Waals surface area contributed by atoms with E-state index in [-0.39, 0.29) is 18.2 Å². The molecule has 2 heterocycles. The maximum absolute atomic E-state index is 12.7. The second kappa shape index (κ2) is 8.90. The summed E-state index contributed by atoms with van der Waals surface area (Å²) in [6.45, 7) is 1.43. The quantitative estimate of drug-likeness (QED) is 0.522. The lowest BCUT2D eigenvalue weighted by molar-refractivity contribution is -0.192. The zero-order valence-corrected chi connectivity index (χ0v) is 15.1. The van der Waals surface area contributed by atoms with Crippen LogP contribution in [0.3, 0.4) is 0 Å². The number of amides is 3. The van der Waals surface area contributed by atoms with Crippen LogP contribution < -0.4 is 16.4 Å². The van der Waals surface area contributed by atoms with Crippen molar-refractivity contribution in [2.45, 2.75) is 31.6 Å². The number of piperidine rings is 1. The average Bonchev–Trinajstić information content (AvgIpc) is 2.97. The summed E-state index contributed by atoms with van der Waals surface area (Å²) in [6, 6.07) is 5.01. The minimum absolute atomic E-state index is 0.176. The van der Waals surface area contributed by atoms with Gasteiger partial charge in [0.05, 0.1) is 5.56 Å². The van der Waals surface area contributed by atoms with Crippen molar-refractivity contribution in [1.82, 2.24) is 10.2 Å². The summed E-state index contributed by atoms with van der Waals surface area (Å²) < 4.78 is 31.7. The van der Waals surface area contributed by atoms with E-state index in [1.807, 2.05) is 18.2 Å². The van der Waals surface area contributed by atoms with Crippen LogP contribution in [0, 0.1) is 0 Å². The van der Waals surface area contributed by atoms with Crippen molar-refractivity contribution < 1.29 is 37.5 Å². The van der Waals surface area contributed by atoms with Crippen molar-refractivity contribution in [2.24, 2.45) is 5.73 Å². The Bertz CT molecular complexity index is 828. The fourth-order valence-electron chi connectivity index (χ4n) is 2.97. The highest BCUT2D eigenvalue weighted by Gasteiger charge is 2.40. The Kier molecular flexibility index (Phi) is 6.80. The number of fused-ring (bicyclic) bond motifs is 1. The standard InChI is InChI=1S/C15H18N4O3.C2HF3O2/c16-6-7-17-10-3-1-2-9-8-19(15(22)13(9)10)11-4-5-12(20)18-14(11)21;3-2(4,5)1(6)7/h1-3,11,17H,4-8,16H2,(H,18,20,21);(H,6,7). The van der Waals surface area contributed by atoms with Crippen LogP contribution in [0.4, 0.5) is 18.9 Å². The molecule has 5 N–H and O–H groups in total. The molecule has 29 heavy (non-hydrogen) atoms. The zero-order valence-electron chi connectivity index (χ0n) is 15.1. The largest absolute Gasteiger partial charge is 0.490 e. The average molecular weight is 416 g/mol. The lowest BCUT2D eigenvalue weighted by Crippen LogP contribution is -2.52. The Labute approximate surface area is 163 Å². The first-order valence-corrected chi connectivity index (χ1v) is 8.56. The van der Waals surface area contributed by atoms with E-state index in [4.69, 9.17) is 15.6 Å². The highest BCUT2D eigenvalue weighted by atomic mass is 19.4. The van der Waals surface area contributed by atoms with Gasteiger partial charge in [0.25, 0.3) is 5.91 Å². The highest BCUT2D eigenvalue weighted by Crippen LogP contribution is 2.32. The predicted molar refractivity (Wildman–Crippen MR) is 93.7 cm³/mol. The third kappa shape index (κ3) is 5.22. The number of benzene rings is 1. The second-order valence-corrected chi connectivity index (χ2v) is 6.26. The maximum Gasteiger partial charge on any atom is 0.490 e. The lowest BCUT2D eigenvalue weighted by atomic mass is 10.0. The Hall–Kier alpha value is -3.15. The molecule has 1 aromatic rings. The Morgan fingerprint density at radius 3 is 2.52 bits per heavy atom. The molecule has 0 spiro atoms. The van der Waals surface area contributed by atoms with E-state index in [2.05, 4.69) is 10.6 Å². The van der Waals surface area contributed by atoms with Crippen LogP contribution in [-0.4, -0.2) is 59.0 Å². The summed E-state index contributed by atoms with van der Waals surface area (Å²) in [4.78, 5) is 46.4. The van der Waals surface area contributed by atoms with Crippen molar-refractivity contribution in [1.29, 1.82) is 0 Å². The molecule has 0 bridgehead atoms. The van der Waals surface area contributed by atoms with Gasteiger partial charge < -0.3 is 21.1 Å². The number of nitrogens with two attached hydrogens (primary N) is 1. The monoisotopic (exact) mass is 416 g/mol. The molecule has 1 unspecified atom stereocenters. The van der Waals surface area contributed by atoms with E-state index in [1.165, 1.54) is 0 Å². The van der Waals surface area contributed by atoms with Gasteiger partial charge in [0, 0.05) is 31.7 Å². The maximum atomic E-state index is 12.7. The second-order valence-electron chi connectivity index (χ2n) is 6.26. The van der Waals surface area contributed by atoms with E-state index >= 15 is 0 Å². The minimum atomic E-state index is -5.08. The highest BCUT2D eigenvalue weighted by molar-refractivity contribution is 6.07. The molecule has 1 aromatic carbocycles. The predicted octanol–water partition coefficient (Wildman–Crippen LogP) is 0.451. The number of aliphatic carboxylic acids is 1. The molecule has 0 aromatic heterocycles. The van der Waals surface area contributed by atoms with E-state index < -0.39 is 24.1 Å².